The molecule has 2 nitrogen and oxygen atoms in total. The molecule has 9 aromatic carbocycles. The minimum absolute atomic E-state index is 0.475. The van der Waals surface area contributed by atoms with E-state index in [2.05, 4.69) is 205 Å². The van der Waals surface area contributed by atoms with Crippen LogP contribution in [0.5, 0.6) is 0 Å². The van der Waals surface area contributed by atoms with Crippen molar-refractivity contribution in [2.24, 2.45) is 0 Å². The number of rotatable bonds is 6. The van der Waals surface area contributed by atoms with Gasteiger partial charge in [-0.1, -0.05) is 158 Å². The van der Waals surface area contributed by atoms with Gasteiger partial charge >= 0.3 is 0 Å². The van der Waals surface area contributed by atoms with Crippen molar-refractivity contribution >= 4 is 60.5 Å². The van der Waals surface area contributed by atoms with Crippen LogP contribution < -0.4 is 4.90 Å². The van der Waals surface area contributed by atoms with Gasteiger partial charge < -0.3 is 9.32 Å². The van der Waals surface area contributed by atoms with E-state index >= 15 is 0 Å². The summed E-state index contributed by atoms with van der Waals surface area (Å²) >= 11 is 0. The van der Waals surface area contributed by atoms with Gasteiger partial charge in [0.25, 0.3) is 0 Å². The molecule has 10 aromatic rings. The van der Waals surface area contributed by atoms with Crippen molar-refractivity contribution in [3.05, 3.63) is 222 Å². The lowest BCUT2D eigenvalue weighted by Crippen LogP contribution is -2.28. The van der Waals surface area contributed by atoms with Crippen LogP contribution in [0.4, 0.5) is 17.1 Å². The highest BCUT2D eigenvalue weighted by atomic mass is 16.3. The Morgan fingerprint density at radius 1 is 0.377 bits per heavy atom. The minimum Gasteiger partial charge on any atom is -0.456 e. The molecule has 0 atom stereocenters. The summed E-state index contributed by atoms with van der Waals surface area (Å²) in [5.41, 5.74) is 12.2. The molecular formula is C51H33NO. The van der Waals surface area contributed by atoms with E-state index in [1.165, 1.54) is 65.7 Å². The molecule has 0 saturated heterocycles. The Bertz CT molecular complexity index is 2860. The fourth-order valence-electron chi connectivity index (χ4n) is 9.06. The van der Waals surface area contributed by atoms with Gasteiger partial charge in [0.2, 0.25) is 0 Å². The van der Waals surface area contributed by atoms with Crippen LogP contribution in [0.1, 0.15) is 22.3 Å². The van der Waals surface area contributed by atoms with E-state index in [4.69, 9.17) is 4.42 Å². The Balaban J connectivity index is 1.08. The Labute approximate surface area is 307 Å². The zero-order valence-corrected chi connectivity index (χ0v) is 28.9. The molecule has 0 bridgehead atoms. The number of benzene rings is 9. The lowest BCUT2D eigenvalue weighted by molar-refractivity contribution is 0.663. The van der Waals surface area contributed by atoms with E-state index in [0.29, 0.717) is 0 Å². The summed E-state index contributed by atoms with van der Waals surface area (Å²) in [6.45, 7) is 0. The average Bonchev–Trinajstić information content (AvgIpc) is 3.77. The van der Waals surface area contributed by atoms with Gasteiger partial charge in [-0.15, -0.1) is 0 Å². The largest absolute Gasteiger partial charge is 0.456 e. The highest BCUT2D eigenvalue weighted by Crippen LogP contribution is 2.57. The van der Waals surface area contributed by atoms with Gasteiger partial charge in [0.15, 0.2) is 0 Å². The predicted octanol–water partition coefficient (Wildman–Crippen LogP) is 13.7. The Morgan fingerprint density at radius 3 is 1.51 bits per heavy atom. The number of hydrogen-bond donors (Lipinski definition) is 0. The molecule has 0 radical (unpaired) electrons. The second-order valence-corrected chi connectivity index (χ2v) is 14.0. The molecule has 2 heteroatoms. The quantitative estimate of drug-likeness (QED) is 0.174. The van der Waals surface area contributed by atoms with Crippen LogP contribution >= 0.6 is 0 Å². The van der Waals surface area contributed by atoms with E-state index in [1.807, 2.05) is 0 Å². The first-order valence-corrected chi connectivity index (χ1v) is 18.3. The van der Waals surface area contributed by atoms with Crippen LogP contribution in [-0.2, 0) is 5.41 Å². The molecule has 0 fully saturated rings. The molecule has 0 aliphatic heterocycles. The average molecular weight is 676 g/mol. The Kier molecular flexibility index (Phi) is 6.50. The standard InChI is InChI=1S/C51H33NO/c1-2-18-38(19-3-1)51(43-23-11-27-47-49(43)50-44(51)24-12-28-48(50)53-47)39-20-8-17-37(33-39)34-29-31-40(32-30-34)52(45-25-9-15-35-13-4-6-21-41(35)45)46-26-10-16-36-14-5-7-22-42(36)46/h1-33H. The van der Waals surface area contributed by atoms with E-state index in [-0.39, 0.29) is 0 Å². The minimum atomic E-state index is -0.475. The number of anilines is 3. The summed E-state index contributed by atoms with van der Waals surface area (Å²) in [7, 11) is 0. The number of hydrogen-bond acceptors (Lipinski definition) is 2. The van der Waals surface area contributed by atoms with Crippen LogP contribution in [-0.4, -0.2) is 0 Å². The predicted molar refractivity (Wildman–Crippen MR) is 221 cm³/mol. The van der Waals surface area contributed by atoms with Crippen molar-refractivity contribution in [3.63, 3.8) is 0 Å². The topological polar surface area (TPSA) is 16.4 Å². The first-order chi connectivity index (χ1) is 26.3. The Morgan fingerprint density at radius 2 is 0.887 bits per heavy atom. The molecule has 1 aliphatic rings. The first kappa shape index (κ1) is 29.8. The fourth-order valence-corrected chi connectivity index (χ4v) is 9.06. The normalized spacial score (nSPS) is 13.1. The third-order valence-electron chi connectivity index (χ3n) is 11.3. The van der Waals surface area contributed by atoms with Crippen LogP contribution in [0, 0.1) is 0 Å². The summed E-state index contributed by atoms with van der Waals surface area (Å²) in [6, 6.07) is 72.8. The zero-order valence-electron chi connectivity index (χ0n) is 28.9. The molecule has 1 heterocycles. The van der Waals surface area contributed by atoms with Crippen LogP contribution in [0.3, 0.4) is 0 Å². The molecule has 0 amide bonds. The molecule has 11 rings (SSSR count). The van der Waals surface area contributed by atoms with Crippen molar-refractivity contribution in [1.29, 1.82) is 0 Å². The monoisotopic (exact) mass is 675 g/mol. The fraction of sp³-hybridized carbons (Fsp3) is 0.0196. The van der Waals surface area contributed by atoms with E-state index < -0.39 is 5.41 Å². The van der Waals surface area contributed by atoms with Crippen molar-refractivity contribution < 1.29 is 4.42 Å². The van der Waals surface area contributed by atoms with Gasteiger partial charge in [0.1, 0.15) is 11.2 Å². The van der Waals surface area contributed by atoms with Crippen LogP contribution in [0.2, 0.25) is 0 Å². The van der Waals surface area contributed by atoms with Crippen LogP contribution in [0.25, 0.3) is 54.6 Å². The SMILES string of the molecule is c1ccc(C2(c3cccc(-c4ccc(N(c5cccc6ccccc56)c5cccc6ccccc56)cc4)c3)c3cccc4oc5cccc2c5c34)cc1. The summed E-state index contributed by atoms with van der Waals surface area (Å²) in [4.78, 5) is 2.41. The molecule has 1 aromatic heterocycles. The second-order valence-electron chi connectivity index (χ2n) is 14.0. The van der Waals surface area contributed by atoms with E-state index in [0.717, 1.165) is 28.2 Å². The lowest BCUT2D eigenvalue weighted by Gasteiger charge is -2.34. The van der Waals surface area contributed by atoms with Gasteiger partial charge in [0, 0.05) is 27.2 Å². The molecule has 248 valence electrons. The zero-order chi connectivity index (χ0) is 34.9. The molecule has 1 aliphatic carbocycles. The summed E-state index contributed by atoms with van der Waals surface area (Å²) in [6.07, 6.45) is 0. The third-order valence-corrected chi connectivity index (χ3v) is 11.3. The van der Waals surface area contributed by atoms with Gasteiger partial charge in [-0.2, -0.15) is 0 Å². The maximum Gasteiger partial charge on any atom is 0.135 e. The molecule has 53 heavy (non-hydrogen) atoms. The van der Waals surface area contributed by atoms with Crippen molar-refractivity contribution in [3.8, 4) is 11.1 Å². The molecule has 0 unspecified atom stereocenters. The molecule has 0 N–H and O–H groups in total. The maximum atomic E-state index is 6.37. The lowest BCUT2D eigenvalue weighted by atomic mass is 9.67. The smallest absolute Gasteiger partial charge is 0.135 e. The van der Waals surface area contributed by atoms with Crippen molar-refractivity contribution in [1.82, 2.24) is 0 Å². The number of nitrogens with zero attached hydrogens (tertiary/aromatic N) is 1. The number of fused-ring (bicyclic) bond motifs is 2. The Hall–Kier alpha value is -6.90. The second kappa shape index (κ2) is 11.6. The molecular weight excluding hydrogens is 643 g/mol. The van der Waals surface area contributed by atoms with Gasteiger partial charge in [-0.3, -0.25) is 0 Å². The van der Waals surface area contributed by atoms with E-state index in [1.54, 1.807) is 0 Å². The summed E-state index contributed by atoms with van der Waals surface area (Å²) in [5, 5.41) is 7.31. The third kappa shape index (κ3) is 4.33. The van der Waals surface area contributed by atoms with Gasteiger partial charge in [-0.25, -0.2) is 0 Å². The van der Waals surface area contributed by atoms with Gasteiger partial charge in [-0.05, 0) is 86.6 Å². The van der Waals surface area contributed by atoms with E-state index in [9.17, 15) is 0 Å². The summed E-state index contributed by atoms with van der Waals surface area (Å²) in [5.74, 6) is 0. The highest BCUT2D eigenvalue weighted by molar-refractivity contribution is 6.14. The summed E-state index contributed by atoms with van der Waals surface area (Å²) < 4.78 is 6.37. The molecule has 0 saturated carbocycles. The maximum absolute atomic E-state index is 6.37. The highest BCUT2D eigenvalue weighted by Gasteiger charge is 2.46. The number of furan rings is 1. The first-order valence-electron chi connectivity index (χ1n) is 18.3. The van der Waals surface area contributed by atoms with Crippen molar-refractivity contribution in [2.45, 2.75) is 5.41 Å². The van der Waals surface area contributed by atoms with Crippen LogP contribution in [0.15, 0.2) is 205 Å². The van der Waals surface area contributed by atoms with Crippen molar-refractivity contribution in [2.75, 3.05) is 4.90 Å². The van der Waals surface area contributed by atoms with Gasteiger partial charge in [0.05, 0.1) is 16.8 Å². The molecule has 0 spiro atoms.